The van der Waals surface area contributed by atoms with Crippen molar-refractivity contribution in [2.24, 2.45) is 0 Å². The Hall–Kier alpha value is -2.16. The number of carbonyl (C=O) groups excluding carboxylic acids is 2. The van der Waals surface area contributed by atoms with Crippen LogP contribution in [0.5, 0.6) is 11.5 Å². The molecule has 0 amide bonds. The van der Waals surface area contributed by atoms with Crippen molar-refractivity contribution in [3.8, 4) is 11.5 Å². The van der Waals surface area contributed by atoms with Crippen LogP contribution in [-0.4, -0.2) is 70.2 Å². The largest absolute Gasteiger partial charge is 0.507 e. The van der Waals surface area contributed by atoms with E-state index < -0.39 is 18.2 Å². The van der Waals surface area contributed by atoms with Crippen LogP contribution in [0, 0.1) is 0 Å². The molecule has 0 saturated heterocycles. The third-order valence-electron chi connectivity index (χ3n) is 3.18. The first-order valence-electron chi connectivity index (χ1n) is 8.37. The Morgan fingerprint density at radius 2 is 1.65 bits per heavy atom. The molecule has 0 aromatic heterocycles. The summed E-state index contributed by atoms with van der Waals surface area (Å²) in [7, 11) is 1.61. The summed E-state index contributed by atoms with van der Waals surface area (Å²) < 4.78 is 25.6. The molecule has 1 N–H and O–H groups in total. The smallest absolute Gasteiger partial charge is 0.313 e. The molecule has 0 bridgehead atoms. The molecule has 26 heavy (non-hydrogen) atoms. The zero-order valence-corrected chi connectivity index (χ0v) is 15.2. The number of hydrogen-bond acceptors (Lipinski definition) is 8. The number of carbonyl (C=O) groups is 2. The summed E-state index contributed by atoms with van der Waals surface area (Å²) in [4.78, 5) is 23.3. The summed E-state index contributed by atoms with van der Waals surface area (Å²) in [5.74, 6) is -0.982. The predicted molar refractivity (Wildman–Crippen MR) is 92.7 cm³/mol. The van der Waals surface area contributed by atoms with E-state index in [0.717, 1.165) is 0 Å². The van der Waals surface area contributed by atoms with Crippen molar-refractivity contribution < 1.29 is 38.4 Å². The predicted octanol–water partition coefficient (Wildman–Crippen LogP) is 1.59. The second kappa shape index (κ2) is 13.1. The molecule has 8 heteroatoms. The maximum atomic E-state index is 11.9. The van der Waals surface area contributed by atoms with Gasteiger partial charge in [0.1, 0.15) is 24.5 Å². The van der Waals surface area contributed by atoms with Gasteiger partial charge >= 0.3 is 5.97 Å². The highest BCUT2D eigenvalue weighted by Crippen LogP contribution is 2.24. The number of hydrogen-bond donors (Lipinski definition) is 1. The van der Waals surface area contributed by atoms with Gasteiger partial charge < -0.3 is 28.8 Å². The highest BCUT2D eigenvalue weighted by atomic mass is 16.6. The second-order valence-electron chi connectivity index (χ2n) is 5.15. The number of phenolic OH excluding ortho intramolecular Hbond substituents is 1. The van der Waals surface area contributed by atoms with E-state index >= 15 is 0 Å². The number of benzene rings is 1. The first-order chi connectivity index (χ1) is 12.6. The van der Waals surface area contributed by atoms with E-state index in [4.69, 9.17) is 23.7 Å². The van der Waals surface area contributed by atoms with Crippen molar-refractivity contribution in [2.75, 3.05) is 53.4 Å². The van der Waals surface area contributed by atoms with Crippen LogP contribution in [0.1, 0.15) is 23.7 Å². The van der Waals surface area contributed by atoms with E-state index in [1.165, 1.54) is 12.1 Å². The average molecular weight is 370 g/mol. The summed E-state index contributed by atoms with van der Waals surface area (Å²) in [6, 6.07) is 4.29. The topological polar surface area (TPSA) is 101 Å². The Labute approximate surface area is 152 Å². The molecule has 0 radical (unpaired) electrons. The Morgan fingerprint density at radius 3 is 2.27 bits per heavy atom. The van der Waals surface area contributed by atoms with E-state index in [0.29, 0.717) is 38.8 Å². The van der Waals surface area contributed by atoms with Crippen LogP contribution in [0.15, 0.2) is 18.2 Å². The number of aromatic hydroxyl groups is 1. The summed E-state index contributed by atoms with van der Waals surface area (Å²) in [5.41, 5.74) is 0.0508. The molecule has 0 heterocycles. The molecular formula is C18H26O8. The lowest BCUT2D eigenvalue weighted by atomic mass is 10.1. The monoisotopic (exact) mass is 370 g/mol. The quantitative estimate of drug-likeness (QED) is 0.228. The fourth-order valence-electron chi connectivity index (χ4n) is 1.96. The maximum absolute atomic E-state index is 11.9. The molecule has 0 aliphatic rings. The Kier molecular flexibility index (Phi) is 11.0. The molecule has 0 atom stereocenters. The van der Waals surface area contributed by atoms with E-state index in [2.05, 4.69) is 0 Å². The molecule has 1 aromatic carbocycles. The van der Waals surface area contributed by atoms with Gasteiger partial charge in [-0.3, -0.25) is 9.59 Å². The third-order valence-corrected chi connectivity index (χ3v) is 3.18. The van der Waals surface area contributed by atoms with Gasteiger partial charge in [0.25, 0.3) is 0 Å². The minimum Gasteiger partial charge on any atom is -0.507 e. The fraction of sp³-hybridized carbons (Fsp3) is 0.556. The number of methoxy groups -OCH3 is 1. The zero-order chi connectivity index (χ0) is 19.2. The van der Waals surface area contributed by atoms with Gasteiger partial charge in [-0.25, -0.2) is 0 Å². The van der Waals surface area contributed by atoms with Gasteiger partial charge in [0.2, 0.25) is 0 Å². The summed E-state index contributed by atoms with van der Waals surface area (Å²) in [6.07, 6.45) is -0.415. The van der Waals surface area contributed by atoms with Crippen molar-refractivity contribution in [1.82, 2.24) is 0 Å². The molecule has 1 aromatic rings. The fourth-order valence-corrected chi connectivity index (χ4v) is 1.96. The van der Waals surface area contributed by atoms with E-state index in [9.17, 15) is 14.7 Å². The maximum Gasteiger partial charge on any atom is 0.313 e. The highest BCUT2D eigenvalue weighted by molar-refractivity contribution is 6.07. The standard InChI is InChI=1S/C18H26O8/c1-3-25-18(21)13-17(20)15-5-4-14(12-16(15)19)26-11-10-24-9-8-23-7-6-22-2/h4-5,12,19H,3,6-11,13H2,1-2H3. The van der Waals surface area contributed by atoms with Crippen molar-refractivity contribution in [3.05, 3.63) is 23.8 Å². The Morgan fingerprint density at radius 1 is 1.00 bits per heavy atom. The SMILES string of the molecule is CCOC(=O)CC(=O)c1ccc(OCCOCCOCCOC)cc1O. The molecule has 0 fully saturated rings. The van der Waals surface area contributed by atoms with Gasteiger partial charge in [-0.05, 0) is 19.1 Å². The first-order valence-corrected chi connectivity index (χ1v) is 8.37. The Balaban J connectivity index is 2.29. The minimum atomic E-state index is -0.624. The number of ketones is 1. The van der Waals surface area contributed by atoms with Gasteiger partial charge in [-0.15, -0.1) is 0 Å². The normalized spacial score (nSPS) is 10.5. The van der Waals surface area contributed by atoms with E-state index in [1.807, 2.05) is 0 Å². The Bertz CT molecular complexity index is 558. The molecule has 8 nitrogen and oxygen atoms in total. The first kappa shape index (κ1) is 21.9. The van der Waals surface area contributed by atoms with Crippen LogP contribution >= 0.6 is 0 Å². The highest BCUT2D eigenvalue weighted by Gasteiger charge is 2.16. The number of rotatable bonds is 14. The van der Waals surface area contributed by atoms with Crippen LogP contribution in [-0.2, 0) is 23.7 Å². The van der Waals surface area contributed by atoms with Crippen LogP contribution < -0.4 is 4.74 Å². The van der Waals surface area contributed by atoms with Crippen molar-refractivity contribution >= 4 is 11.8 Å². The summed E-state index contributed by atoms with van der Waals surface area (Å²) >= 11 is 0. The lowest BCUT2D eigenvalue weighted by Gasteiger charge is -2.09. The number of esters is 1. The summed E-state index contributed by atoms with van der Waals surface area (Å²) in [5, 5.41) is 9.94. The van der Waals surface area contributed by atoms with Crippen molar-refractivity contribution in [1.29, 1.82) is 0 Å². The van der Waals surface area contributed by atoms with Gasteiger partial charge in [0.15, 0.2) is 5.78 Å². The van der Waals surface area contributed by atoms with Gasteiger partial charge in [0.05, 0.1) is 45.2 Å². The zero-order valence-electron chi connectivity index (χ0n) is 15.2. The molecule has 146 valence electrons. The summed E-state index contributed by atoms with van der Waals surface area (Å²) in [6.45, 7) is 4.49. The lowest BCUT2D eigenvalue weighted by molar-refractivity contribution is -0.141. The average Bonchev–Trinajstić information content (AvgIpc) is 2.60. The number of ether oxygens (including phenoxy) is 5. The molecule has 0 aliphatic carbocycles. The third kappa shape index (κ3) is 8.80. The second-order valence-corrected chi connectivity index (χ2v) is 5.15. The van der Waals surface area contributed by atoms with Gasteiger partial charge in [-0.1, -0.05) is 0 Å². The molecular weight excluding hydrogens is 344 g/mol. The van der Waals surface area contributed by atoms with Crippen molar-refractivity contribution in [3.63, 3.8) is 0 Å². The van der Waals surface area contributed by atoms with Crippen molar-refractivity contribution in [2.45, 2.75) is 13.3 Å². The minimum absolute atomic E-state index is 0.0508. The number of phenols is 1. The van der Waals surface area contributed by atoms with Gasteiger partial charge in [0, 0.05) is 13.2 Å². The molecule has 0 unspecified atom stereocenters. The van der Waals surface area contributed by atoms with Crippen LogP contribution in [0.2, 0.25) is 0 Å². The van der Waals surface area contributed by atoms with Gasteiger partial charge in [-0.2, -0.15) is 0 Å². The van der Waals surface area contributed by atoms with Crippen LogP contribution in [0.3, 0.4) is 0 Å². The van der Waals surface area contributed by atoms with E-state index in [-0.39, 0.29) is 24.5 Å². The van der Waals surface area contributed by atoms with Crippen LogP contribution in [0.4, 0.5) is 0 Å². The van der Waals surface area contributed by atoms with E-state index in [1.54, 1.807) is 20.1 Å². The van der Waals surface area contributed by atoms with Crippen LogP contribution in [0.25, 0.3) is 0 Å². The number of Topliss-reactive ketones (excluding diaryl/α,β-unsaturated/α-hetero) is 1. The molecule has 0 saturated carbocycles. The molecule has 1 rings (SSSR count). The molecule has 0 spiro atoms. The lowest BCUT2D eigenvalue weighted by Crippen LogP contribution is -2.13. The molecule has 0 aliphatic heterocycles.